The Labute approximate surface area is 93.3 Å². The second-order valence-corrected chi connectivity index (χ2v) is 5.21. The largest absolute Gasteiger partial charge is 0.391 e. The Bertz CT molecular complexity index is 266. The molecule has 84 valence electrons. The number of morpholine rings is 1. The van der Waals surface area contributed by atoms with Gasteiger partial charge in [0.15, 0.2) is 0 Å². The summed E-state index contributed by atoms with van der Waals surface area (Å²) in [6.45, 7) is 0.551. The predicted molar refractivity (Wildman–Crippen MR) is 57.6 cm³/mol. The molecule has 0 N–H and O–H groups in total. The highest BCUT2D eigenvalue weighted by Gasteiger charge is 2.34. The Balaban J connectivity index is 1.93. The maximum absolute atomic E-state index is 11.1. The summed E-state index contributed by atoms with van der Waals surface area (Å²) < 4.78 is 4.50. The van der Waals surface area contributed by atoms with E-state index in [-0.39, 0.29) is 13.1 Å². The third-order valence-electron chi connectivity index (χ3n) is 3.10. The number of carbonyl (C=O) groups is 2. The summed E-state index contributed by atoms with van der Waals surface area (Å²) in [5.74, 6) is -0.808. The van der Waals surface area contributed by atoms with Gasteiger partial charge in [0.2, 0.25) is 0 Å². The fraction of sp³-hybridized carbons (Fsp3) is 0.800. The van der Waals surface area contributed by atoms with E-state index < -0.39 is 11.9 Å². The second kappa shape index (κ2) is 4.53. The lowest BCUT2D eigenvalue weighted by Crippen LogP contribution is -2.47. The summed E-state index contributed by atoms with van der Waals surface area (Å²) >= 11 is 1.87. The molecule has 2 atom stereocenters. The van der Waals surface area contributed by atoms with Crippen molar-refractivity contribution in [1.82, 2.24) is 4.90 Å². The lowest BCUT2D eigenvalue weighted by atomic mass is 10.2. The van der Waals surface area contributed by atoms with Crippen molar-refractivity contribution in [3.05, 3.63) is 0 Å². The normalized spacial score (nSPS) is 33.1. The van der Waals surface area contributed by atoms with Gasteiger partial charge in [0.1, 0.15) is 0 Å². The lowest BCUT2D eigenvalue weighted by Gasteiger charge is -2.29. The fourth-order valence-corrected chi connectivity index (χ4v) is 3.09. The van der Waals surface area contributed by atoms with Gasteiger partial charge in [-0.25, -0.2) is 0 Å². The topological polar surface area (TPSA) is 46.6 Å². The molecule has 5 heteroatoms. The van der Waals surface area contributed by atoms with Gasteiger partial charge in [-0.05, 0) is 25.5 Å². The number of hydrogen-bond acceptors (Lipinski definition) is 5. The van der Waals surface area contributed by atoms with Gasteiger partial charge in [-0.15, -0.1) is 0 Å². The number of esters is 2. The van der Waals surface area contributed by atoms with Crippen molar-refractivity contribution in [3.63, 3.8) is 0 Å². The maximum Gasteiger partial charge on any atom is 0.327 e. The molecule has 2 rings (SSSR count). The number of nitrogens with zero attached hydrogens (tertiary/aromatic N) is 1. The van der Waals surface area contributed by atoms with E-state index in [1.807, 2.05) is 16.7 Å². The molecule has 4 nitrogen and oxygen atoms in total. The van der Waals surface area contributed by atoms with Crippen LogP contribution in [-0.4, -0.2) is 47.5 Å². The van der Waals surface area contributed by atoms with Crippen molar-refractivity contribution in [3.8, 4) is 0 Å². The Morgan fingerprint density at radius 2 is 1.93 bits per heavy atom. The number of hydrogen-bond donors (Lipinski definition) is 0. The third kappa shape index (κ3) is 2.52. The average molecular weight is 229 g/mol. The average Bonchev–Trinajstić information content (AvgIpc) is 2.64. The molecule has 1 saturated heterocycles. The first-order valence-electron chi connectivity index (χ1n) is 5.19. The van der Waals surface area contributed by atoms with Crippen LogP contribution in [0.15, 0.2) is 0 Å². The van der Waals surface area contributed by atoms with Crippen molar-refractivity contribution < 1.29 is 14.3 Å². The molecule has 0 bridgehead atoms. The van der Waals surface area contributed by atoms with Crippen LogP contribution in [0.4, 0.5) is 0 Å². The van der Waals surface area contributed by atoms with Gasteiger partial charge in [0.25, 0.3) is 0 Å². The quantitative estimate of drug-likeness (QED) is 0.514. The summed E-state index contributed by atoms with van der Waals surface area (Å²) in [6, 6.07) is 0.388. The van der Waals surface area contributed by atoms with E-state index in [2.05, 4.69) is 11.0 Å². The van der Waals surface area contributed by atoms with Crippen molar-refractivity contribution in [2.75, 3.05) is 19.3 Å². The molecule has 2 aliphatic rings. The van der Waals surface area contributed by atoms with E-state index in [4.69, 9.17) is 0 Å². The van der Waals surface area contributed by atoms with E-state index in [1.54, 1.807) is 0 Å². The molecule has 0 aromatic heterocycles. The Morgan fingerprint density at radius 1 is 1.27 bits per heavy atom. The minimum atomic E-state index is -0.404. The summed E-state index contributed by atoms with van der Waals surface area (Å²) in [5, 5.41) is 0.683. The van der Waals surface area contributed by atoms with E-state index in [0.29, 0.717) is 11.3 Å². The standard InChI is InChI=1S/C10H15NO3S/c1-15-8-3-2-7(4-8)11-5-9(12)14-10(13)6-11/h7-8H,2-6H2,1H3. The first-order valence-corrected chi connectivity index (χ1v) is 6.48. The first kappa shape index (κ1) is 11.0. The van der Waals surface area contributed by atoms with E-state index in [0.717, 1.165) is 12.8 Å². The zero-order chi connectivity index (χ0) is 10.8. The minimum Gasteiger partial charge on any atom is -0.391 e. The second-order valence-electron chi connectivity index (χ2n) is 4.08. The Kier molecular flexibility index (Phi) is 3.31. The van der Waals surface area contributed by atoms with Gasteiger partial charge >= 0.3 is 11.9 Å². The van der Waals surface area contributed by atoms with Crippen molar-refractivity contribution in [2.45, 2.75) is 30.6 Å². The van der Waals surface area contributed by atoms with Gasteiger partial charge in [-0.1, -0.05) is 0 Å². The van der Waals surface area contributed by atoms with Crippen LogP contribution in [-0.2, 0) is 14.3 Å². The predicted octanol–water partition coefficient (Wildman–Crippen LogP) is 0.656. The van der Waals surface area contributed by atoms with Crippen LogP contribution in [0.3, 0.4) is 0 Å². The molecule has 2 fully saturated rings. The molecule has 1 aliphatic heterocycles. The lowest BCUT2D eigenvalue weighted by molar-refractivity contribution is -0.167. The van der Waals surface area contributed by atoms with Gasteiger partial charge in [-0.3, -0.25) is 14.5 Å². The van der Waals surface area contributed by atoms with Crippen LogP contribution in [0.1, 0.15) is 19.3 Å². The monoisotopic (exact) mass is 229 g/mol. The Hall–Kier alpha value is -0.550. The zero-order valence-corrected chi connectivity index (χ0v) is 9.59. The smallest absolute Gasteiger partial charge is 0.327 e. The fourth-order valence-electron chi connectivity index (χ4n) is 2.30. The summed E-state index contributed by atoms with van der Waals surface area (Å²) in [7, 11) is 0. The highest BCUT2D eigenvalue weighted by Crippen LogP contribution is 2.31. The van der Waals surface area contributed by atoms with Crippen LogP contribution in [0.5, 0.6) is 0 Å². The number of cyclic esters (lactones) is 2. The molecule has 0 aromatic carbocycles. The molecule has 1 heterocycles. The SMILES string of the molecule is CSC1CCC(N2CC(=O)OC(=O)C2)C1. The molecule has 0 spiro atoms. The van der Waals surface area contributed by atoms with Crippen LogP contribution < -0.4 is 0 Å². The number of rotatable bonds is 2. The van der Waals surface area contributed by atoms with Crippen LogP contribution in [0, 0.1) is 0 Å². The van der Waals surface area contributed by atoms with Crippen molar-refractivity contribution in [2.24, 2.45) is 0 Å². The molecular weight excluding hydrogens is 214 g/mol. The van der Waals surface area contributed by atoms with Crippen LogP contribution in [0.2, 0.25) is 0 Å². The molecule has 0 aromatic rings. The summed E-state index contributed by atoms with van der Waals surface area (Å²) in [4.78, 5) is 24.2. The Morgan fingerprint density at radius 3 is 2.47 bits per heavy atom. The summed E-state index contributed by atoms with van der Waals surface area (Å²) in [5.41, 5.74) is 0. The first-order chi connectivity index (χ1) is 7.19. The molecule has 0 radical (unpaired) electrons. The van der Waals surface area contributed by atoms with Gasteiger partial charge in [0.05, 0.1) is 13.1 Å². The van der Waals surface area contributed by atoms with E-state index in [9.17, 15) is 9.59 Å². The van der Waals surface area contributed by atoms with Crippen LogP contribution >= 0.6 is 11.8 Å². The molecule has 0 amide bonds. The highest BCUT2D eigenvalue weighted by molar-refractivity contribution is 7.99. The summed E-state index contributed by atoms with van der Waals surface area (Å²) in [6.07, 6.45) is 5.47. The molecule has 15 heavy (non-hydrogen) atoms. The van der Waals surface area contributed by atoms with Gasteiger partial charge in [-0.2, -0.15) is 11.8 Å². The molecule has 2 unspecified atom stereocenters. The van der Waals surface area contributed by atoms with Crippen molar-refractivity contribution in [1.29, 1.82) is 0 Å². The van der Waals surface area contributed by atoms with E-state index >= 15 is 0 Å². The number of carbonyl (C=O) groups excluding carboxylic acids is 2. The molecule has 1 saturated carbocycles. The zero-order valence-electron chi connectivity index (χ0n) is 8.77. The minimum absolute atomic E-state index is 0.275. The third-order valence-corrected chi connectivity index (χ3v) is 4.19. The maximum atomic E-state index is 11.1. The molecule has 1 aliphatic carbocycles. The van der Waals surface area contributed by atoms with Gasteiger partial charge < -0.3 is 4.74 Å². The molecular formula is C10H15NO3S. The van der Waals surface area contributed by atoms with Crippen LogP contribution in [0.25, 0.3) is 0 Å². The van der Waals surface area contributed by atoms with Gasteiger partial charge in [0, 0.05) is 11.3 Å². The number of ether oxygens (including phenoxy) is 1. The highest BCUT2D eigenvalue weighted by atomic mass is 32.2. The number of thioether (sulfide) groups is 1. The van der Waals surface area contributed by atoms with Crippen molar-refractivity contribution >= 4 is 23.7 Å². The van der Waals surface area contributed by atoms with E-state index in [1.165, 1.54) is 6.42 Å².